The first-order valence-corrected chi connectivity index (χ1v) is 16.2. The van der Waals surface area contributed by atoms with Gasteiger partial charge in [-0.2, -0.15) is 0 Å². The molecule has 0 fully saturated rings. The Kier molecular flexibility index (Phi) is 10.4. The number of nitrogens with zero attached hydrogens (tertiary/aromatic N) is 2. The van der Waals surface area contributed by atoms with E-state index < -0.39 is 49.3 Å². The van der Waals surface area contributed by atoms with Crippen molar-refractivity contribution in [3.63, 3.8) is 0 Å². The number of ether oxygens (including phenoxy) is 1. The van der Waals surface area contributed by atoms with Crippen LogP contribution in [0.1, 0.15) is 41.9 Å². The van der Waals surface area contributed by atoms with Crippen LogP contribution in [0.5, 0.6) is 5.75 Å². The molecule has 4 rings (SSSR count). The molecule has 46 heavy (non-hydrogen) atoms. The fourth-order valence-corrected chi connectivity index (χ4v) is 6.27. The molecule has 2 N–H and O–H groups in total. The maximum absolute atomic E-state index is 13.6. The van der Waals surface area contributed by atoms with Crippen LogP contribution in [0.2, 0.25) is 10.0 Å². The highest BCUT2D eigenvalue weighted by Crippen LogP contribution is 2.31. The second kappa shape index (κ2) is 13.9. The van der Waals surface area contributed by atoms with E-state index in [1.165, 1.54) is 11.7 Å². The molecule has 15 heteroatoms. The fraction of sp³-hybridized carbons (Fsp3) is 0.258. The molecule has 1 aromatic heterocycles. The highest BCUT2D eigenvalue weighted by molar-refractivity contribution is 7.90. The lowest BCUT2D eigenvalue weighted by atomic mass is 9.98. The maximum Gasteiger partial charge on any atom is 0.289 e. The number of benzene rings is 3. The standard InChI is InChI=1S/C31H30Cl2N4O8S/c1-5-17(2)29(30(39)35-46(43,44)22-11-12-25(33)27(15-22)37(41)42)34-28(38)16-23-18(3)36(26-13-10-21(45-4)14-24(23)26)31(40)19-6-8-20(32)9-7-19/h6-15,17,29H,5,16H2,1-4H3,(H,34,38)(H,35,39)/t17?,29-/m0/s1. The van der Waals surface area contributed by atoms with Crippen LogP contribution in [-0.2, 0) is 26.0 Å². The lowest BCUT2D eigenvalue weighted by Crippen LogP contribution is -2.51. The lowest BCUT2D eigenvalue weighted by molar-refractivity contribution is -0.384. The highest BCUT2D eigenvalue weighted by Gasteiger charge is 2.31. The number of rotatable bonds is 11. The normalized spacial score (nSPS) is 12.7. The second-order valence-electron chi connectivity index (χ2n) is 10.5. The number of methoxy groups -OCH3 is 1. The minimum atomic E-state index is -4.57. The Morgan fingerprint density at radius 2 is 1.72 bits per heavy atom. The van der Waals surface area contributed by atoms with Gasteiger partial charge in [0.2, 0.25) is 5.91 Å². The van der Waals surface area contributed by atoms with Crippen molar-refractivity contribution in [1.82, 2.24) is 14.6 Å². The summed E-state index contributed by atoms with van der Waals surface area (Å²) in [5, 5.41) is 14.7. The molecule has 0 aliphatic carbocycles. The van der Waals surface area contributed by atoms with Gasteiger partial charge >= 0.3 is 0 Å². The van der Waals surface area contributed by atoms with E-state index in [1.54, 1.807) is 63.2 Å². The molecule has 0 bridgehead atoms. The number of hydrogen-bond acceptors (Lipinski definition) is 8. The number of fused-ring (bicyclic) bond motifs is 1. The maximum atomic E-state index is 13.6. The molecule has 0 aliphatic heterocycles. The highest BCUT2D eigenvalue weighted by atomic mass is 35.5. The number of halogens is 2. The molecule has 3 aromatic carbocycles. The molecular formula is C31H30Cl2N4O8S. The lowest BCUT2D eigenvalue weighted by Gasteiger charge is -2.23. The third-order valence-corrected chi connectivity index (χ3v) is 9.56. The Morgan fingerprint density at radius 3 is 2.33 bits per heavy atom. The van der Waals surface area contributed by atoms with Crippen LogP contribution < -0.4 is 14.8 Å². The van der Waals surface area contributed by atoms with Crippen LogP contribution >= 0.6 is 23.2 Å². The quantitative estimate of drug-likeness (QED) is 0.155. The molecule has 4 aromatic rings. The van der Waals surface area contributed by atoms with Gasteiger partial charge in [0.05, 0.1) is 28.9 Å². The van der Waals surface area contributed by atoms with Crippen LogP contribution in [-0.4, -0.2) is 48.8 Å². The summed E-state index contributed by atoms with van der Waals surface area (Å²) >= 11 is 11.8. The number of aromatic nitrogens is 1. The van der Waals surface area contributed by atoms with Gasteiger partial charge < -0.3 is 10.1 Å². The predicted molar refractivity (Wildman–Crippen MR) is 173 cm³/mol. The van der Waals surface area contributed by atoms with Crippen LogP contribution in [0.25, 0.3) is 10.9 Å². The number of carbonyl (C=O) groups excluding carboxylic acids is 3. The number of nitro groups is 1. The van der Waals surface area contributed by atoms with Gasteiger partial charge in [0.1, 0.15) is 16.8 Å². The number of nitro benzene ring substituents is 1. The van der Waals surface area contributed by atoms with Gasteiger partial charge in [0.15, 0.2) is 0 Å². The zero-order valence-corrected chi connectivity index (χ0v) is 27.5. The monoisotopic (exact) mass is 688 g/mol. The Bertz CT molecular complexity index is 1960. The third kappa shape index (κ3) is 7.16. The van der Waals surface area contributed by atoms with E-state index in [1.807, 2.05) is 4.72 Å². The first-order chi connectivity index (χ1) is 21.7. The topological polar surface area (TPSA) is 167 Å². The van der Waals surface area contributed by atoms with Crippen molar-refractivity contribution in [2.75, 3.05) is 7.11 Å². The van der Waals surface area contributed by atoms with Crippen molar-refractivity contribution in [3.8, 4) is 5.75 Å². The van der Waals surface area contributed by atoms with Crippen molar-refractivity contribution < 1.29 is 32.5 Å². The van der Waals surface area contributed by atoms with Crippen LogP contribution in [0.4, 0.5) is 5.69 Å². The molecule has 0 saturated heterocycles. The number of nitrogens with one attached hydrogen (secondary N) is 2. The minimum absolute atomic E-state index is 0.257. The van der Waals surface area contributed by atoms with Crippen LogP contribution in [0, 0.1) is 23.0 Å². The molecule has 242 valence electrons. The molecule has 1 unspecified atom stereocenters. The van der Waals surface area contributed by atoms with E-state index in [0.29, 0.717) is 44.9 Å². The zero-order valence-electron chi connectivity index (χ0n) is 25.2. The molecule has 0 radical (unpaired) electrons. The van der Waals surface area contributed by atoms with Crippen molar-refractivity contribution in [1.29, 1.82) is 0 Å². The summed E-state index contributed by atoms with van der Waals surface area (Å²) in [5.41, 5.74) is 1.23. The van der Waals surface area contributed by atoms with Gasteiger partial charge in [-0.15, -0.1) is 0 Å². The summed E-state index contributed by atoms with van der Waals surface area (Å²) in [6, 6.07) is 13.0. The van der Waals surface area contributed by atoms with Gasteiger partial charge in [0, 0.05) is 27.7 Å². The van der Waals surface area contributed by atoms with E-state index in [0.717, 1.165) is 18.2 Å². The van der Waals surface area contributed by atoms with Crippen LogP contribution in [0.15, 0.2) is 65.6 Å². The van der Waals surface area contributed by atoms with Crippen molar-refractivity contribution in [2.45, 2.75) is 44.6 Å². The molecule has 2 amide bonds. The molecule has 0 spiro atoms. The molecule has 0 aliphatic rings. The van der Waals surface area contributed by atoms with Gasteiger partial charge in [-0.3, -0.25) is 29.1 Å². The Morgan fingerprint density at radius 1 is 1.04 bits per heavy atom. The van der Waals surface area contributed by atoms with E-state index >= 15 is 0 Å². The zero-order chi connectivity index (χ0) is 33.9. The Labute approximate surface area is 274 Å². The number of amides is 2. The molecule has 1 heterocycles. The molecule has 0 saturated carbocycles. The van der Waals surface area contributed by atoms with Crippen molar-refractivity contribution in [2.24, 2.45) is 5.92 Å². The third-order valence-electron chi connectivity index (χ3n) is 7.64. The smallest absolute Gasteiger partial charge is 0.289 e. The van der Waals surface area contributed by atoms with Gasteiger partial charge in [-0.05, 0) is 73.0 Å². The minimum Gasteiger partial charge on any atom is -0.497 e. The average Bonchev–Trinajstić information content (AvgIpc) is 3.28. The first kappa shape index (κ1) is 34.4. The molecule has 12 nitrogen and oxygen atoms in total. The van der Waals surface area contributed by atoms with Gasteiger partial charge in [-0.25, -0.2) is 13.1 Å². The molecule has 2 atom stereocenters. The van der Waals surface area contributed by atoms with Crippen molar-refractivity contribution >= 4 is 67.5 Å². The summed E-state index contributed by atoms with van der Waals surface area (Å²) in [6.07, 6.45) is 0.142. The summed E-state index contributed by atoms with van der Waals surface area (Å²) in [7, 11) is -3.08. The fourth-order valence-electron chi connectivity index (χ4n) is 4.94. The van der Waals surface area contributed by atoms with E-state index in [2.05, 4.69) is 5.32 Å². The van der Waals surface area contributed by atoms with E-state index in [4.69, 9.17) is 27.9 Å². The number of carbonyl (C=O) groups is 3. The summed E-state index contributed by atoms with van der Waals surface area (Å²) < 4.78 is 34.8. The van der Waals surface area contributed by atoms with Crippen molar-refractivity contribution in [3.05, 3.63) is 97.6 Å². The van der Waals surface area contributed by atoms with Gasteiger partial charge in [0.25, 0.3) is 27.5 Å². The first-order valence-electron chi connectivity index (χ1n) is 14.0. The summed E-state index contributed by atoms with van der Waals surface area (Å²) in [6.45, 7) is 5.12. The summed E-state index contributed by atoms with van der Waals surface area (Å²) in [5.74, 6) is -1.99. The summed E-state index contributed by atoms with van der Waals surface area (Å²) in [4.78, 5) is 50.3. The SMILES string of the molecule is CCC(C)[C@H](NC(=O)Cc1c(C)n(C(=O)c2ccc(Cl)cc2)c2ccc(OC)cc12)C(=O)NS(=O)(=O)c1ccc(Cl)c([N+](=O)[O-])c1. The largest absolute Gasteiger partial charge is 0.497 e. The van der Waals surface area contributed by atoms with Gasteiger partial charge in [-0.1, -0.05) is 43.5 Å². The Balaban J connectivity index is 1.64. The Hall–Kier alpha value is -4.46. The van der Waals surface area contributed by atoms with E-state index in [-0.39, 0.29) is 17.4 Å². The number of hydrogen-bond donors (Lipinski definition) is 2. The second-order valence-corrected chi connectivity index (χ2v) is 13.1. The number of sulfonamides is 1. The molecular weight excluding hydrogens is 659 g/mol. The van der Waals surface area contributed by atoms with E-state index in [9.17, 15) is 32.9 Å². The predicted octanol–water partition coefficient (Wildman–Crippen LogP) is 5.44. The average molecular weight is 690 g/mol. The van der Waals surface area contributed by atoms with Crippen LogP contribution in [0.3, 0.4) is 0 Å².